The number of benzene rings is 3. The number of rotatable bonds is 3. The second-order valence-corrected chi connectivity index (χ2v) is 7.67. The van der Waals surface area contributed by atoms with Crippen LogP contribution < -0.4 is 0 Å². The van der Waals surface area contributed by atoms with E-state index in [4.69, 9.17) is 0 Å². The largest absolute Gasteiger partial charge is 0.416 e. The molecular weight excluding hydrogens is 415 g/mol. The molecule has 0 N–H and O–H groups in total. The van der Waals surface area contributed by atoms with Gasteiger partial charge < -0.3 is 9.47 Å². The summed E-state index contributed by atoms with van der Waals surface area (Å²) in [7, 11) is 0. The lowest BCUT2D eigenvalue weighted by molar-refractivity contribution is -0.137. The van der Waals surface area contributed by atoms with Crippen molar-refractivity contribution in [3.8, 4) is 16.8 Å². The molecule has 0 unspecified atom stereocenters. The van der Waals surface area contributed by atoms with E-state index in [2.05, 4.69) is 4.98 Å². The summed E-state index contributed by atoms with van der Waals surface area (Å²) in [5, 5.41) is 0. The van der Waals surface area contributed by atoms with Crippen molar-refractivity contribution in [2.24, 2.45) is 0 Å². The minimum Gasteiger partial charge on any atom is -0.327 e. The molecule has 32 heavy (non-hydrogen) atoms. The first-order valence-corrected chi connectivity index (χ1v) is 10.1. The van der Waals surface area contributed by atoms with Gasteiger partial charge in [0.2, 0.25) is 0 Å². The van der Waals surface area contributed by atoms with Crippen LogP contribution in [0.4, 0.5) is 13.2 Å². The smallest absolute Gasteiger partial charge is 0.327 e. The second-order valence-electron chi connectivity index (χ2n) is 7.67. The summed E-state index contributed by atoms with van der Waals surface area (Å²) in [6.45, 7) is 0.779. The van der Waals surface area contributed by atoms with Crippen LogP contribution in [0.1, 0.15) is 27.3 Å². The highest BCUT2D eigenvalue weighted by Crippen LogP contribution is 2.33. The molecule has 1 aliphatic heterocycles. The van der Waals surface area contributed by atoms with E-state index in [0.717, 1.165) is 23.5 Å². The average Bonchev–Trinajstić information content (AvgIpc) is 3.22. The molecule has 3 aromatic carbocycles. The van der Waals surface area contributed by atoms with Crippen LogP contribution >= 0.6 is 0 Å². The molecule has 1 amide bonds. The predicted molar refractivity (Wildman–Crippen MR) is 114 cm³/mol. The fourth-order valence-electron chi connectivity index (χ4n) is 3.96. The number of amides is 1. The molecular formula is C25H18F3N3O. The number of alkyl halides is 3. The van der Waals surface area contributed by atoms with Crippen molar-refractivity contribution in [2.75, 3.05) is 0 Å². The molecule has 0 radical (unpaired) electrons. The molecule has 1 aromatic heterocycles. The maximum absolute atomic E-state index is 13.5. The molecule has 0 atom stereocenters. The van der Waals surface area contributed by atoms with Crippen LogP contribution in [-0.2, 0) is 19.3 Å². The maximum atomic E-state index is 13.5. The Kier molecular flexibility index (Phi) is 4.81. The molecule has 1 aliphatic rings. The first-order valence-electron chi connectivity index (χ1n) is 10.1. The van der Waals surface area contributed by atoms with Crippen LogP contribution in [0.15, 0.2) is 85.2 Å². The summed E-state index contributed by atoms with van der Waals surface area (Å²) >= 11 is 0. The topological polar surface area (TPSA) is 38.1 Å². The van der Waals surface area contributed by atoms with Crippen LogP contribution in [0.3, 0.4) is 0 Å². The van der Waals surface area contributed by atoms with Crippen molar-refractivity contribution < 1.29 is 18.0 Å². The van der Waals surface area contributed by atoms with E-state index in [-0.39, 0.29) is 5.91 Å². The number of carbonyl (C=O) groups excluding carboxylic acids is 1. The minimum atomic E-state index is -4.39. The molecule has 7 heteroatoms. The standard InChI is InChI=1S/C25H18F3N3O/c26-25(27,28)20-9-6-18(7-10-20)19-8-11-22-21(14-19)24(32)30(15-17-4-2-1-3-5-17)16-23-29-12-13-31(22)23/h1-14H,15-16H2. The van der Waals surface area contributed by atoms with Crippen LogP contribution in [0.5, 0.6) is 0 Å². The van der Waals surface area contributed by atoms with Gasteiger partial charge in [0.15, 0.2) is 0 Å². The van der Waals surface area contributed by atoms with Crippen molar-refractivity contribution in [3.05, 3.63) is 108 Å². The third-order valence-corrected chi connectivity index (χ3v) is 5.59. The van der Waals surface area contributed by atoms with Gasteiger partial charge in [-0.15, -0.1) is 0 Å². The summed E-state index contributed by atoms with van der Waals surface area (Å²) in [6.07, 6.45) is -0.886. The van der Waals surface area contributed by atoms with Gasteiger partial charge in [-0.25, -0.2) is 4.98 Å². The molecule has 0 saturated heterocycles. The zero-order valence-electron chi connectivity index (χ0n) is 16.9. The Bertz CT molecular complexity index is 1280. The van der Waals surface area contributed by atoms with Gasteiger partial charge in [-0.2, -0.15) is 13.2 Å². The molecule has 0 spiro atoms. The first kappa shape index (κ1) is 20.1. The van der Waals surface area contributed by atoms with Crippen LogP contribution in [0.25, 0.3) is 16.8 Å². The second kappa shape index (κ2) is 7.67. The summed E-state index contributed by atoms with van der Waals surface area (Å²) in [4.78, 5) is 19.7. The first-order chi connectivity index (χ1) is 15.4. The predicted octanol–water partition coefficient (Wildman–Crippen LogP) is 5.71. The lowest BCUT2D eigenvalue weighted by Crippen LogP contribution is -2.29. The molecule has 0 bridgehead atoms. The van der Waals surface area contributed by atoms with Gasteiger partial charge >= 0.3 is 6.18 Å². The number of imidazole rings is 1. The molecule has 160 valence electrons. The van der Waals surface area contributed by atoms with Gasteiger partial charge in [0.05, 0.1) is 23.4 Å². The van der Waals surface area contributed by atoms with Crippen molar-refractivity contribution in [2.45, 2.75) is 19.3 Å². The van der Waals surface area contributed by atoms with Crippen LogP contribution in [0.2, 0.25) is 0 Å². The number of fused-ring (bicyclic) bond motifs is 3. The number of nitrogens with zero attached hydrogens (tertiary/aromatic N) is 3. The Morgan fingerprint density at radius 1 is 0.906 bits per heavy atom. The van der Waals surface area contributed by atoms with Gasteiger partial charge in [0.1, 0.15) is 5.82 Å². The highest BCUT2D eigenvalue weighted by Gasteiger charge is 2.30. The third-order valence-electron chi connectivity index (χ3n) is 5.59. The summed E-state index contributed by atoms with van der Waals surface area (Å²) in [5.74, 6) is 0.596. The van der Waals surface area contributed by atoms with Gasteiger partial charge in [0, 0.05) is 18.9 Å². The SMILES string of the molecule is O=C1c2cc(-c3ccc(C(F)(F)F)cc3)ccc2-n2ccnc2CN1Cc1ccccc1. The zero-order valence-corrected chi connectivity index (χ0v) is 16.9. The molecule has 4 nitrogen and oxygen atoms in total. The van der Waals surface area contributed by atoms with E-state index in [0.29, 0.717) is 35.5 Å². The molecule has 0 saturated carbocycles. The van der Waals surface area contributed by atoms with Gasteiger partial charge in [-0.05, 0) is 41.0 Å². The van der Waals surface area contributed by atoms with E-state index in [9.17, 15) is 18.0 Å². The van der Waals surface area contributed by atoms with E-state index < -0.39 is 11.7 Å². The van der Waals surface area contributed by atoms with E-state index in [1.807, 2.05) is 53.2 Å². The summed E-state index contributed by atoms with van der Waals surface area (Å²) in [5.41, 5.74) is 2.77. The van der Waals surface area contributed by atoms with Gasteiger partial charge in [0.25, 0.3) is 5.91 Å². The fraction of sp³-hybridized carbons (Fsp3) is 0.120. The molecule has 0 aliphatic carbocycles. The normalized spacial score (nSPS) is 13.5. The lowest BCUT2D eigenvalue weighted by Gasteiger charge is -2.20. The fourth-order valence-corrected chi connectivity index (χ4v) is 3.96. The molecule has 5 rings (SSSR count). The Hall–Kier alpha value is -3.87. The van der Waals surface area contributed by atoms with Crippen molar-refractivity contribution in [1.29, 1.82) is 0 Å². The summed E-state index contributed by atoms with van der Waals surface area (Å²) in [6, 6.07) is 20.0. The van der Waals surface area contributed by atoms with E-state index in [1.165, 1.54) is 12.1 Å². The molecule has 4 aromatic rings. The van der Waals surface area contributed by atoms with Crippen molar-refractivity contribution >= 4 is 5.91 Å². The van der Waals surface area contributed by atoms with E-state index >= 15 is 0 Å². The quantitative estimate of drug-likeness (QED) is 0.415. The lowest BCUT2D eigenvalue weighted by atomic mass is 9.99. The Balaban J connectivity index is 1.56. The number of aromatic nitrogens is 2. The maximum Gasteiger partial charge on any atom is 0.416 e. The molecule has 2 heterocycles. The Morgan fingerprint density at radius 3 is 2.34 bits per heavy atom. The Labute approximate surface area is 182 Å². The Morgan fingerprint density at radius 2 is 1.62 bits per heavy atom. The zero-order chi connectivity index (χ0) is 22.3. The average molecular weight is 433 g/mol. The van der Waals surface area contributed by atoms with Crippen molar-refractivity contribution in [3.63, 3.8) is 0 Å². The third kappa shape index (κ3) is 3.66. The molecule has 0 fully saturated rings. The highest BCUT2D eigenvalue weighted by atomic mass is 19.4. The van der Waals surface area contributed by atoms with Gasteiger partial charge in [-0.1, -0.05) is 48.5 Å². The monoisotopic (exact) mass is 433 g/mol. The van der Waals surface area contributed by atoms with Crippen molar-refractivity contribution in [1.82, 2.24) is 14.5 Å². The highest BCUT2D eigenvalue weighted by molar-refractivity contribution is 5.99. The summed E-state index contributed by atoms with van der Waals surface area (Å²) < 4.78 is 40.6. The van der Waals surface area contributed by atoms with Gasteiger partial charge in [-0.3, -0.25) is 4.79 Å². The van der Waals surface area contributed by atoms with Crippen LogP contribution in [-0.4, -0.2) is 20.4 Å². The number of halogens is 3. The number of carbonyl (C=O) groups is 1. The number of hydrogen-bond acceptors (Lipinski definition) is 2. The number of hydrogen-bond donors (Lipinski definition) is 0. The minimum absolute atomic E-state index is 0.150. The van der Waals surface area contributed by atoms with E-state index in [1.54, 1.807) is 17.2 Å². The van der Waals surface area contributed by atoms with Crippen LogP contribution in [0, 0.1) is 0 Å².